The largest absolute Gasteiger partial charge is 0.348 e. The minimum Gasteiger partial charge on any atom is -0.348 e. The van der Waals surface area contributed by atoms with E-state index in [1.165, 1.54) is 0 Å². The Labute approximate surface area is 182 Å². The van der Waals surface area contributed by atoms with Gasteiger partial charge in [0.1, 0.15) is 0 Å². The summed E-state index contributed by atoms with van der Waals surface area (Å²) in [5.74, 6) is -0.442. The molecule has 1 fully saturated rings. The van der Waals surface area contributed by atoms with E-state index in [4.69, 9.17) is 5.73 Å². The maximum absolute atomic E-state index is 12.8. The first-order chi connectivity index (χ1) is 14.1. The zero-order valence-corrected chi connectivity index (χ0v) is 17.5. The van der Waals surface area contributed by atoms with Crippen LogP contribution in [0.15, 0.2) is 72.8 Å². The highest BCUT2D eigenvalue weighted by molar-refractivity contribution is 5.89. The second-order valence-corrected chi connectivity index (χ2v) is 7.56. The van der Waals surface area contributed by atoms with Crippen molar-refractivity contribution < 1.29 is 9.59 Å². The predicted octanol–water partition coefficient (Wildman–Crippen LogP) is 3.43. The van der Waals surface area contributed by atoms with Crippen LogP contribution < -0.4 is 11.1 Å². The van der Waals surface area contributed by atoms with E-state index >= 15 is 0 Å². The van der Waals surface area contributed by atoms with Crippen molar-refractivity contribution in [2.45, 2.75) is 19.0 Å². The lowest BCUT2D eigenvalue weighted by Crippen LogP contribution is -2.38. The first-order valence-electron chi connectivity index (χ1n) is 9.95. The van der Waals surface area contributed by atoms with Crippen LogP contribution in [0.5, 0.6) is 0 Å². The lowest BCUT2D eigenvalue weighted by atomic mass is 10.0. The van der Waals surface area contributed by atoms with Crippen molar-refractivity contribution in [1.82, 2.24) is 10.2 Å². The van der Waals surface area contributed by atoms with Gasteiger partial charge >= 0.3 is 0 Å². The number of benzene rings is 3. The molecule has 1 aliphatic rings. The lowest BCUT2D eigenvalue weighted by Gasteiger charge is -2.21. The Morgan fingerprint density at radius 2 is 1.73 bits per heavy atom. The van der Waals surface area contributed by atoms with Crippen LogP contribution in [-0.4, -0.2) is 29.8 Å². The fourth-order valence-electron chi connectivity index (χ4n) is 3.90. The number of likely N-dealkylation sites (tertiary alicyclic amines) is 1. The molecule has 2 atom stereocenters. The molecule has 0 aromatic heterocycles. The summed E-state index contributed by atoms with van der Waals surface area (Å²) in [6, 6.07) is 23.8. The monoisotopic (exact) mass is 423 g/mol. The average Bonchev–Trinajstić information content (AvgIpc) is 3.12. The lowest BCUT2D eigenvalue weighted by molar-refractivity contribution is -0.129. The molecule has 2 unspecified atom stereocenters. The van der Waals surface area contributed by atoms with Crippen molar-refractivity contribution in [2.75, 3.05) is 13.1 Å². The molecule has 4 rings (SSSR count). The van der Waals surface area contributed by atoms with Crippen LogP contribution in [0.4, 0.5) is 0 Å². The Hall–Kier alpha value is -2.89. The predicted molar refractivity (Wildman–Crippen MR) is 121 cm³/mol. The second-order valence-electron chi connectivity index (χ2n) is 7.56. The van der Waals surface area contributed by atoms with Gasteiger partial charge in [0, 0.05) is 26.1 Å². The van der Waals surface area contributed by atoms with E-state index in [1.54, 1.807) is 4.90 Å². The van der Waals surface area contributed by atoms with E-state index in [-0.39, 0.29) is 42.6 Å². The smallest absolute Gasteiger partial charge is 0.225 e. The first-order valence-corrected chi connectivity index (χ1v) is 9.95. The summed E-state index contributed by atoms with van der Waals surface area (Å²) in [6.07, 6.45) is 0.244. The molecule has 1 heterocycles. The Bertz CT molecular complexity index is 1030. The highest BCUT2D eigenvalue weighted by Gasteiger charge is 2.35. The van der Waals surface area contributed by atoms with Gasteiger partial charge in [-0.1, -0.05) is 66.7 Å². The van der Waals surface area contributed by atoms with E-state index in [2.05, 4.69) is 17.4 Å². The third-order valence-corrected chi connectivity index (χ3v) is 5.53. The number of nitrogens with zero attached hydrogens (tertiary/aromatic N) is 1. The van der Waals surface area contributed by atoms with E-state index < -0.39 is 0 Å². The van der Waals surface area contributed by atoms with Crippen molar-refractivity contribution in [3.63, 3.8) is 0 Å². The summed E-state index contributed by atoms with van der Waals surface area (Å²) < 4.78 is 0. The molecule has 3 N–H and O–H groups in total. The molecule has 3 aromatic rings. The molecular formula is C24H26ClN3O2. The fourth-order valence-corrected chi connectivity index (χ4v) is 3.90. The normalized spacial score (nSPS) is 16.9. The van der Waals surface area contributed by atoms with Gasteiger partial charge in [0.2, 0.25) is 11.8 Å². The molecule has 0 spiro atoms. The van der Waals surface area contributed by atoms with Crippen LogP contribution in [0, 0.1) is 5.92 Å². The summed E-state index contributed by atoms with van der Waals surface area (Å²) in [5, 5.41) is 5.31. The molecule has 3 aromatic carbocycles. The molecule has 0 saturated carbocycles. The second kappa shape index (κ2) is 9.74. The fraction of sp³-hybridized carbons (Fsp3) is 0.250. The van der Waals surface area contributed by atoms with Gasteiger partial charge in [0.15, 0.2) is 0 Å². The van der Waals surface area contributed by atoms with Crippen LogP contribution in [0.1, 0.15) is 23.6 Å². The molecular weight excluding hydrogens is 398 g/mol. The molecule has 0 radical (unpaired) electrons. The highest BCUT2D eigenvalue weighted by Crippen LogP contribution is 2.23. The number of hydrogen-bond donors (Lipinski definition) is 2. The minimum atomic E-state index is -0.347. The molecule has 30 heavy (non-hydrogen) atoms. The molecule has 1 saturated heterocycles. The van der Waals surface area contributed by atoms with Crippen molar-refractivity contribution in [3.8, 4) is 0 Å². The Balaban J connectivity index is 0.00000256. The molecule has 0 bridgehead atoms. The van der Waals surface area contributed by atoms with Gasteiger partial charge in [0.25, 0.3) is 0 Å². The first kappa shape index (κ1) is 21.8. The third kappa shape index (κ3) is 4.81. The number of carbonyl (C=O) groups excluding carboxylic acids is 2. The third-order valence-electron chi connectivity index (χ3n) is 5.53. The summed E-state index contributed by atoms with van der Waals surface area (Å²) in [5.41, 5.74) is 8.00. The average molecular weight is 424 g/mol. The van der Waals surface area contributed by atoms with Crippen molar-refractivity contribution in [2.24, 2.45) is 11.7 Å². The number of nitrogens with one attached hydrogen (secondary N) is 1. The van der Waals surface area contributed by atoms with E-state index in [1.807, 2.05) is 60.7 Å². The zero-order valence-electron chi connectivity index (χ0n) is 16.7. The molecule has 6 heteroatoms. The van der Waals surface area contributed by atoms with E-state index in [9.17, 15) is 9.59 Å². The maximum atomic E-state index is 12.8. The van der Waals surface area contributed by atoms with Crippen LogP contribution in [0.3, 0.4) is 0 Å². The number of carbonyl (C=O) groups is 2. The summed E-state index contributed by atoms with van der Waals surface area (Å²) in [6.45, 7) is 1.28. The van der Waals surface area contributed by atoms with Crippen molar-refractivity contribution in [3.05, 3.63) is 83.9 Å². The quantitative estimate of drug-likeness (QED) is 0.637. The van der Waals surface area contributed by atoms with Crippen LogP contribution in [0.2, 0.25) is 0 Å². The molecule has 156 valence electrons. The summed E-state index contributed by atoms with van der Waals surface area (Å²) >= 11 is 0. The highest BCUT2D eigenvalue weighted by atomic mass is 35.5. The molecule has 2 amide bonds. The van der Waals surface area contributed by atoms with Gasteiger partial charge < -0.3 is 16.0 Å². The van der Waals surface area contributed by atoms with Gasteiger partial charge in [-0.3, -0.25) is 9.59 Å². The SMILES string of the molecule is Cl.NCC(NC(=O)C1CC(=O)N(Cc2ccccc2)C1)c1ccc2ccccc2c1. The number of amides is 2. The van der Waals surface area contributed by atoms with Crippen LogP contribution in [0.25, 0.3) is 10.8 Å². The molecule has 5 nitrogen and oxygen atoms in total. The van der Waals surface area contributed by atoms with Gasteiger partial charge in [-0.15, -0.1) is 12.4 Å². The Morgan fingerprint density at radius 1 is 1.03 bits per heavy atom. The minimum absolute atomic E-state index is 0. The van der Waals surface area contributed by atoms with Crippen LogP contribution in [-0.2, 0) is 16.1 Å². The van der Waals surface area contributed by atoms with Gasteiger partial charge in [-0.25, -0.2) is 0 Å². The standard InChI is InChI=1S/C24H25N3O2.ClH/c25-14-22(20-11-10-18-8-4-5-9-19(18)12-20)26-24(29)21-13-23(28)27(16-21)15-17-6-2-1-3-7-17;/h1-12,21-22H,13-16,25H2,(H,26,29);1H. The maximum Gasteiger partial charge on any atom is 0.225 e. The van der Waals surface area contributed by atoms with Gasteiger partial charge in [-0.2, -0.15) is 0 Å². The van der Waals surface area contributed by atoms with Crippen molar-refractivity contribution in [1.29, 1.82) is 0 Å². The van der Waals surface area contributed by atoms with Gasteiger partial charge in [0.05, 0.1) is 12.0 Å². The zero-order chi connectivity index (χ0) is 20.2. The number of rotatable bonds is 6. The Kier molecular flexibility index (Phi) is 7.08. The summed E-state index contributed by atoms with van der Waals surface area (Å²) in [7, 11) is 0. The topological polar surface area (TPSA) is 75.4 Å². The van der Waals surface area contributed by atoms with E-state index in [0.29, 0.717) is 19.6 Å². The number of nitrogens with two attached hydrogens (primary N) is 1. The number of hydrogen-bond acceptors (Lipinski definition) is 3. The van der Waals surface area contributed by atoms with Gasteiger partial charge in [-0.05, 0) is 28.0 Å². The summed E-state index contributed by atoms with van der Waals surface area (Å²) in [4.78, 5) is 27.0. The van der Waals surface area contributed by atoms with E-state index in [0.717, 1.165) is 21.9 Å². The molecule has 1 aliphatic heterocycles. The number of fused-ring (bicyclic) bond motifs is 1. The van der Waals surface area contributed by atoms with Crippen LogP contribution >= 0.6 is 12.4 Å². The Morgan fingerprint density at radius 3 is 2.47 bits per heavy atom. The van der Waals surface area contributed by atoms with Crippen molar-refractivity contribution >= 4 is 35.0 Å². The number of halogens is 1. The molecule has 0 aliphatic carbocycles.